The lowest BCUT2D eigenvalue weighted by Gasteiger charge is -2.16. The van der Waals surface area contributed by atoms with Gasteiger partial charge >= 0.3 is 0 Å². The molecule has 1 saturated heterocycles. The molecule has 2 heterocycles. The molecule has 0 bridgehead atoms. The van der Waals surface area contributed by atoms with Gasteiger partial charge in [-0.3, -0.25) is 9.59 Å². The van der Waals surface area contributed by atoms with Crippen molar-refractivity contribution in [3.05, 3.63) is 59.8 Å². The fourth-order valence-corrected chi connectivity index (χ4v) is 3.37. The Labute approximate surface area is 166 Å². The number of rotatable bonds is 2. The van der Waals surface area contributed by atoms with Gasteiger partial charge < -0.3 is 20.8 Å². The fourth-order valence-electron chi connectivity index (χ4n) is 3.37. The second kappa shape index (κ2) is 6.74. The lowest BCUT2D eigenvalue weighted by Crippen LogP contribution is -2.44. The second-order valence-electron chi connectivity index (χ2n) is 6.91. The highest BCUT2D eigenvalue weighted by Gasteiger charge is 2.50. The number of carbonyl (C=O) groups excluding carboxylic acids is 2. The number of aliphatic hydroxyl groups excluding tert-OH is 1. The Bertz CT molecular complexity index is 1210. The molecule has 29 heavy (non-hydrogen) atoms. The molecule has 2 aromatic carbocycles. The first kappa shape index (κ1) is 18.7. The molecule has 1 aliphatic rings. The monoisotopic (exact) mass is 390 g/mol. The first-order valence-electron chi connectivity index (χ1n) is 8.88. The molecule has 8 nitrogen and oxygen atoms in total. The molecule has 0 saturated carbocycles. The van der Waals surface area contributed by atoms with Gasteiger partial charge in [0, 0.05) is 18.0 Å². The van der Waals surface area contributed by atoms with Gasteiger partial charge in [-0.1, -0.05) is 30.2 Å². The van der Waals surface area contributed by atoms with Gasteiger partial charge in [0.2, 0.25) is 5.60 Å². The highest BCUT2D eigenvalue weighted by atomic mass is 16.4. The third-order valence-corrected chi connectivity index (χ3v) is 4.91. The summed E-state index contributed by atoms with van der Waals surface area (Å²) < 4.78 is 1.58. The van der Waals surface area contributed by atoms with E-state index in [-0.39, 0.29) is 12.2 Å². The fraction of sp³-hybridized carbons (Fsp3) is 0.190. The van der Waals surface area contributed by atoms with Gasteiger partial charge in [-0.25, -0.2) is 4.68 Å². The summed E-state index contributed by atoms with van der Waals surface area (Å²) in [5.41, 5.74) is 5.31. The van der Waals surface area contributed by atoms with Crippen LogP contribution in [0.3, 0.4) is 0 Å². The van der Waals surface area contributed by atoms with Crippen molar-refractivity contribution in [2.24, 2.45) is 5.73 Å². The number of para-hydroxylation sites is 1. The van der Waals surface area contributed by atoms with Crippen LogP contribution in [-0.4, -0.2) is 62.0 Å². The molecule has 1 fully saturated rings. The molecular weight excluding hydrogens is 372 g/mol. The lowest BCUT2D eigenvalue weighted by molar-refractivity contribution is -0.140. The zero-order valence-electron chi connectivity index (χ0n) is 15.5. The van der Waals surface area contributed by atoms with E-state index in [1.165, 1.54) is 11.9 Å². The molecule has 4 rings (SSSR count). The van der Waals surface area contributed by atoms with E-state index in [2.05, 4.69) is 16.9 Å². The van der Waals surface area contributed by atoms with E-state index in [0.717, 1.165) is 0 Å². The third-order valence-electron chi connectivity index (χ3n) is 4.91. The maximum atomic E-state index is 12.1. The molecule has 1 aromatic heterocycles. The Morgan fingerprint density at radius 2 is 2.03 bits per heavy atom. The van der Waals surface area contributed by atoms with E-state index < -0.39 is 23.5 Å². The number of hydrogen-bond donors (Lipinski definition) is 3. The number of hydrogen-bond acceptors (Lipinski definition) is 5. The van der Waals surface area contributed by atoms with Gasteiger partial charge in [-0.05, 0) is 30.2 Å². The molecule has 0 spiro atoms. The van der Waals surface area contributed by atoms with Crippen molar-refractivity contribution >= 4 is 22.7 Å². The average Bonchev–Trinajstić information content (AvgIpc) is 3.19. The maximum absolute atomic E-state index is 12.1. The Morgan fingerprint density at radius 1 is 1.28 bits per heavy atom. The number of nitrogens with two attached hydrogens (primary N) is 1. The van der Waals surface area contributed by atoms with Crippen molar-refractivity contribution in [2.75, 3.05) is 13.6 Å². The van der Waals surface area contributed by atoms with Crippen LogP contribution < -0.4 is 5.73 Å². The Hall–Kier alpha value is -3.67. The van der Waals surface area contributed by atoms with Crippen LogP contribution in [0.5, 0.6) is 0 Å². The lowest BCUT2D eigenvalue weighted by atomic mass is 10.00. The van der Waals surface area contributed by atoms with Crippen LogP contribution in [0, 0.1) is 11.8 Å². The summed E-state index contributed by atoms with van der Waals surface area (Å²) in [5, 5.41) is 25.4. The van der Waals surface area contributed by atoms with E-state index in [1.807, 2.05) is 12.1 Å². The standard InChI is InChI=1S/C21H18N4O4/c1-24-12-17(26)21(29,20(24)28)10-9-13-5-4-6-14(11-13)25-16-8-3-2-7-15(16)18(23-25)19(22)27/h2-8,11,17,26,29H,12H2,1H3,(H2,22,27). The topological polar surface area (TPSA) is 122 Å². The van der Waals surface area contributed by atoms with Crippen molar-refractivity contribution in [1.82, 2.24) is 14.7 Å². The number of amides is 2. The minimum atomic E-state index is -2.14. The van der Waals surface area contributed by atoms with Crippen LogP contribution in [-0.2, 0) is 4.79 Å². The minimum absolute atomic E-state index is 0.0131. The van der Waals surface area contributed by atoms with E-state index in [0.29, 0.717) is 22.2 Å². The quantitative estimate of drug-likeness (QED) is 0.534. The number of aromatic nitrogens is 2. The summed E-state index contributed by atoms with van der Waals surface area (Å²) in [7, 11) is 1.49. The highest BCUT2D eigenvalue weighted by molar-refractivity contribution is 6.04. The smallest absolute Gasteiger partial charge is 0.269 e. The zero-order valence-corrected chi connectivity index (χ0v) is 15.5. The van der Waals surface area contributed by atoms with Crippen molar-refractivity contribution in [1.29, 1.82) is 0 Å². The van der Waals surface area contributed by atoms with Gasteiger partial charge in [0.25, 0.3) is 11.8 Å². The van der Waals surface area contributed by atoms with Crippen molar-refractivity contribution in [3.63, 3.8) is 0 Å². The number of benzene rings is 2. The van der Waals surface area contributed by atoms with E-state index in [4.69, 9.17) is 5.73 Å². The summed E-state index contributed by atoms with van der Waals surface area (Å²) in [6.45, 7) is 0.0131. The molecule has 1 aliphatic heterocycles. The summed E-state index contributed by atoms with van der Waals surface area (Å²) in [4.78, 5) is 25.1. The predicted molar refractivity (Wildman–Crippen MR) is 105 cm³/mol. The van der Waals surface area contributed by atoms with Crippen molar-refractivity contribution in [2.45, 2.75) is 11.7 Å². The largest absolute Gasteiger partial charge is 0.387 e. The molecule has 2 amide bonds. The number of β-amino-alcohol motifs (C(OH)–C–C–N with tert-alkyl or cyclic N) is 1. The van der Waals surface area contributed by atoms with E-state index >= 15 is 0 Å². The molecule has 8 heteroatoms. The molecular formula is C21H18N4O4. The number of likely N-dealkylation sites (N-methyl/N-ethyl adjacent to an activating group) is 1. The Kier molecular flexibility index (Phi) is 4.34. The molecule has 2 atom stereocenters. The second-order valence-corrected chi connectivity index (χ2v) is 6.91. The Balaban J connectivity index is 1.76. The van der Waals surface area contributed by atoms with Crippen LogP contribution in [0.2, 0.25) is 0 Å². The first-order valence-corrected chi connectivity index (χ1v) is 8.88. The number of primary amides is 1. The SMILES string of the molecule is CN1CC(O)C(O)(C#Cc2cccc(-n3nc(C(N)=O)c4ccccc43)c2)C1=O. The van der Waals surface area contributed by atoms with Crippen LogP contribution in [0.15, 0.2) is 48.5 Å². The van der Waals surface area contributed by atoms with Crippen LogP contribution >= 0.6 is 0 Å². The summed E-state index contributed by atoms with van der Waals surface area (Å²) in [6.07, 6.45) is -1.29. The van der Waals surface area contributed by atoms with Crippen LogP contribution in [0.4, 0.5) is 0 Å². The van der Waals surface area contributed by atoms with Gasteiger partial charge in [0.05, 0.1) is 17.7 Å². The predicted octanol–water partition coefficient (Wildman–Crippen LogP) is 0.0399. The molecule has 146 valence electrons. The zero-order chi connectivity index (χ0) is 20.8. The molecule has 4 N–H and O–H groups in total. The number of fused-ring (bicyclic) bond motifs is 1. The normalized spacial score (nSPS) is 21.3. The number of likely N-dealkylation sites (tertiary alicyclic amines) is 1. The summed E-state index contributed by atoms with van der Waals surface area (Å²) in [6, 6.07) is 14.1. The van der Waals surface area contributed by atoms with Crippen molar-refractivity contribution < 1.29 is 19.8 Å². The van der Waals surface area contributed by atoms with Crippen LogP contribution in [0.1, 0.15) is 16.1 Å². The Morgan fingerprint density at radius 3 is 2.72 bits per heavy atom. The number of aliphatic hydroxyl groups is 2. The van der Waals surface area contributed by atoms with Crippen LogP contribution in [0.25, 0.3) is 16.6 Å². The van der Waals surface area contributed by atoms with Gasteiger partial charge in [0.1, 0.15) is 6.10 Å². The molecule has 0 aliphatic carbocycles. The molecule has 3 aromatic rings. The molecule has 2 unspecified atom stereocenters. The van der Waals surface area contributed by atoms with Gasteiger partial charge in [-0.15, -0.1) is 0 Å². The van der Waals surface area contributed by atoms with Gasteiger partial charge in [0.15, 0.2) is 5.69 Å². The molecule has 0 radical (unpaired) electrons. The summed E-state index contributed by atoms with van der Waals surface area (Å²) in [5.74, 6) is 3.99. The average molecular weight is 390 g/mol. The maximum Gasteiger partial charge on any atom is 0.269 e. The number of nitrogens with zero attached hydrogens (tertiary/aromatic N) is 3. The highest BCUT2D eigenvalue weighted by Crippen LogP contribution is 2.24. The van der Waals surface area contributed by atoms with Crippen molar-refractivity contribution in [3.8, 4) is 17.5 Å². The number of carbonyl (C=O) groups is 2. The third kappa shape index (κ3) is 3.02. The first-order chi connectivity index (χ1) is 13.8. The summed E-state index contributed by atoms with van der Waals surface area (Å²) >= 11 is 0. The van der Waals surface area contributed by atoms with Gasteiger partial charge in [-0.2, -0.15) is 5.10 Å². The van der Waals surface area contributed by atoms with E-state index in [9.17, 15) is 19.8 Å². The van der Waals surface area contributed by atoms with E-state index in [1.54, 1.807) is 41.1 Å². The minimum Gasteiger partial charge on any atom is -0.387 e.